The van der Waals surface area contributed by atoms with E-state index in [4.69, 9.17) is 5.73 Å². The summed E-state index contributed by atoms with van der Waals surface area (Å²) in [6.07, 6.45) is 2.72. The van der Waals surface area contributed by atoms with Gasteiger partial charge in [-0.25, -0.2) is 0 Å². The maximum atomic E-state index is 5.95. The molecular formula is C17H20N6. The normalized spacial score (nSPS) is 22.2. The number of benzene rings is 1. The zero-order valence-corrected chi connectivity index (χ0v) is 13.3. The summed E-state index contributed by atoms with van der Waals surface area (Å²) >= 11 is 0. The number of aromatic nitrogens is 4. The van der Waals surface area contributed by atoms with E-state index >= 15 is 0 Å². The third-order valence-electron chi connectivity index (χ3n) is 5.13. The first-order chi connectivity index (χ1) is 11.0. The molecule has 0 saturated heterocycles. The smallest absolute Gasteiger partial charge is 0.209 e. The summed E-state index contributed by atoms with van der Waals surface area (Å²) < 4.78 is 1.67. The number of nitrogens with zero attached hydrogens (tertiary/aromatic N) is 4. The average Bonchev–Trinajstić information content (AvgIpc) is 2.88. The van der Waals surface area contributed by atoms with Crippen LogP contribution in [-0.4, -0.2) is 26.1 Å². The molecule has 6 nitrogen and oxygen atoms in total. The number of hydrogen-bond acceptors (Lipinski definition) is 5. The lowest BCUT2D eigenvalue weighted by atomic mass is 9.88. The number of nitrogen functional groups attached to an aromatic ring is 1. The van der Waals surface area contributed by atoms with Gasteiger partial charge in [-0.1, -0.05) is 44.2 Å². The van der Waals surface area contributed by atoms with Gasteiger partial charge in [0.25, 0.3) is 0 Å². The minimum atomic E-state index is 0.129. The Morgan fingerprint density at radius 2 is 2.00 bits per heavy atom. The van der Waals surface area contributed by atoms with E-state index in [1.165, 1.54) is 5.56 Å². The summed E-state index contributed by atoms with van der Waals surface area (Å²) in [5, 5.41) is 11.4. The number of anilines is 2. The second-order valence-electron chi connectivity index (χ2n) is 6.92. The van der Waals surface area contributed by atoms with Crippen LogP contribution in [0.3, 0.4) is 0 Å². The molecule has 0 aliphatic heterocycles. The number of fused-ring (bicyclic) bond motifs is 1. The van der Waals surface area contributed by atoms with Crippen molar-refractivity contribution in [3.05, 3.63) is 48.3 Å². The highest BCUT2D eigenvalue weighted by molar-refractivity contribution is 5.54. The molecule has 2 aromatic heterocycles. The molecule has 2 heterocycles. The van der Waals surface area contributed by atoms with E-state index in [0.717, 1.165) is 18.8 Å². The lowest BCUT2D eigenvalue weighted by molar-refractivity contribution is 0.512. The molecule has 23 heavy (non-hydrogen) atoms. The molecule has 4 rings (SSSR count). The summed E-state index contributed by atoms with van der Waals surface area (Å²) in [5.41, 5.74) is 8.42. The summed E-state index contributed by atoms with van der Waals surface area (Å²) in [6, 6.07) is 12.5. The first-order valence-corrected chi connectivity index (χ1v) is 7.78. The van der Waals surface area contributed by atoms with Gasteiger partial charge in [0.05, 0.1) is 0 Å². The van der Waals surface area contributed by atoms with Gasteiger partial charge in [-0.05, 0) is 17.4 Å². The van der Waals surface area contributed by atoms with Gasteiger partial charge in [0.1, 0.15) is 12.1 Å². The fourth-order valence-electron chi connectivity index (χ4n) is 3.55. The molecule has 1 saturated carbocycles. The van der Waals surface area contributed by atoms with Crippen LogP contribution >= 0.6 is 0 Å². The van der Waals surface area contributed by atoms with Crippen molar-refractivity contribution < 1.29 is 0 Å². The van der Waals surface area contributed by atoms with Gasteiger partial charge in [-0.2, -0.15) is 4.98 Å². The van der Waals surface area contributed by atoms with E-state index in [-0.39, 0.29) is 10.8 Å². The highest BCUT2D eigenvalue weighted by Crippen LogP contribution is 2.64. The van der Waals surface area contributed by atoms with Gasteiger partial charge >= 0.3 is 0 Å². The molecule has 0 amide bonds. The molecule has 0 radical (unpaired) electrons. The van der Waals surface area contributed by atoms with Gasteiger partial charge < -0.3 is 11.1 Å². The van der Waals surface area contributed by atoms with E-state index in [0.29, 0.717) is 11.6 Å². The fraction of sp³-hybridized carbons (Fsp3) is 0.353. The first-order valence-electron chi connectivity index (χ1n) is 7.78. The van der Waals surface area contributed by atoms with Crippen molar-refractivity contribution >= 4 is 17.4 Å². The Labute approximate surface area is 134 Å². The number of nitrogens with two attached hydrogens (primary N) is 1. The molecular weight excluding hydrogens is 288 g/mol. The van der Waals surface area contributed by atoms with Crippen LogP contribution in [0.1, 0.15) is 25.8 Å². The van der Waals surface area contributed by atoms with Gasteiger partial charge in [0, 0.05) is 18.0 Å². The van der Waals surface area contributed by atoms with E-state index in [1.54, 1.807) is 10.7 Å². The van der Waals surface area contributed by atoms with Gasteiger partial charge in [-0.15, -0.1) is 10.2 Å². The van der Waals surface area contributed by atoms with Crippen molar-refractivity contribution in [3.8, 4) is 0 Å². The first kappa shape index (κ1) is 14.0. The van der Waals surface area contributed by atoms with Gasteiger partial charge in [0.2, 0.25) is 5.95 Å². The van der Waals surface area contributed by atoms with Crippen molar-refractivity contribution in [2.75, 3.05) is 17.6 Å². The molecule has 3 N–H and O–H groups in total. The van der Waals surface area contributed by atoms with Gasteiger partial charge in [-0.3, -0.25) is 4.40 Å². The monoisotopic (exact) mass is 308 g/mol. The van der Waals surface area contributed by atoms with Crippen LogP contribution in [0.4, 0.5) is 11.8 Å². The highest BCUT2D eigenvalue weighted by atomic mass is 15.3. The zero-order valence-electron chi connectivity index (χ0n) is 13.3. The standard InChI is InChI=1S/C17H20N6/c1-16(2)9-17(16,12-6-4-3-5-7-12)10-19-13-8-14-22-20-11-23(14)15(18)21-13/h3-8,11,19H,9-10H2,1-2H3,(H2,18,21). The van der Waals surface area contributed by atoms with Crippen molar-refractivity contribution in [3.63, 3.8) is 0 Å². The lowest BCUT2D eigenvalue weighted by Gasteiger charge is -2.22. The van der Waals surface area contributed by atoms with Gasteiger partial charge in [0.15, 0.2) is 5.65 Å². The van der Waals surface area contributed by atoms with Crippen LogP contribution in [0.5, 0.6) is 0 Å². The van der Waals surface area contributed by atoms with Crippen molar-refractivity contribution in [1.82, 2.24) is 19.6 Å². The summed E-state index contributed by atoms with van der Waals surface area (Å²) in [7, 11) is 0. The SMILES string of the molecule is CC1(C)CC1(CNc1cc2nncn2c(N)n1)c1ccccc1. The third kappa shape index (κ3) is 2.13. The minimum absolute atomic E-state index is 0.129. The van der Waals surface area contributed by atoms with E-state index < -0.39 is 0 Å². The average molecular weight is 308 g/mol. The minimum Gasteiger partial charge on any atom is -0.369 e. The molecule has 3 aromatic rings. The number of nitrogens with one attached hydrogen (secondary N) is 1. The summed E-state index contributed by atoms with van der Waals surface area (Å²) in [4.78, 5) is 4.40. The van der Waals surface area contributed by atoms with Crippen LogP contribution in [0, 0.1) is 5.41 Å². The molecule has 118 valence electrons. The zero-order chi connectivity index (χ0) is 16.1. The maximum absolute atomic E-state index is 5.95. The topological polar surface area (TPSA) is 81.1 Å². The predicted octanol–water partition coefficient (Wildman–Crippen LogP) is 2.49. The number of rotatable bonds is 4. The Bertz CT molecular complexity index is 854. The molecule has 1 aliphatic carbocycles. The van der Waals surface area contributed by atoms with E-state index in [9.17, 15) is 0 Å². The largest absolute Gasteiger partial charge is 0.369 e. The van der Waals surface area contributed by atoms with Crippen LogP contribution < -0.4 is 11.1 Å². The maximum Gasteiger partial charge on any atom is 0.209 e. The third-order valence-corrected chi connectivity index (χ3v) is 5.13. The van der Waals surface area contributed by atoms with E-state index in [2.05, 4.69) is 64.7 Å². The highest BCUT2D eigenvalue weighted by Gasteiger charge is 2.61. The summed E-state index contributed by atoms with van der Waals surface area (Å²) in [5.74, 6) is 1.12. The quantitative estimate of drug-likeness (QED) is 0.774. The molecule has 1 aromatic carbocycles. The Morgan fingerprint density at radius 3 is 2.70 bits per heavy atom. The van der Waals surface area contributed by atoms with Crippen LogP contribution in [0.2, 0.25) is 0 Å². The molecule has 0 spiro atoms. The Balaban J connectivity index is 1.61. The predicted molar refractivity (Wildman–Crippen MR) is 90.2 cm³/mol. The van der Waals surface area contributed by atoms with E-state index in [1.807, 2.05) is 6.07 Å². The fourth-order valence-corrected chi connectivity index (χ4v) is 3.55. The molecule has 1 atom stereocenters. The van der Waals surface area contributed by atoms with Crippen LogP contribution in [0.25, 0.3) is 5.65 Å². The number of hydrogen-bond donors (Lipinski definition) is 2. The molecule has 1 unspecified atom stereocenters. The van der Waals surface area contributed by atoms with Crippen molar-refractivity contribution in [1.29, 1.82) is 0 Å². The van der Waals surface area contributed by atoms with Crippen LogP contribution in [-0.2, 0) is 5.41 Å². The molecule has 1 aliphatic rings. The van der Waals surface area contributed by atoms with Crippen molar-refractivity contribution in [2.45, 2.75) is 25.7 Å². The van der Waals surface area contributed by atoms with Crippen LogP contribution in [0.15, 0.2) is 42.7 Å². The second-order valence-corrected chi connectivity index (χ2v) is 6.92. The second kappa shape index (κ2) is 4.68. The lowest BCUT2D eigenvalue weighted by Crippen LogP contribution is -2.25. The molecule has 6 heteroatoms. The Kier molecular flexibility index (Phi) is 2.85. The van der Waals surface area contributed by atoms with Crippen molar-refractivity contribution in [2.24, 2.45) is 5.41 Å². The molecule has 0 bridgehead atoms. The Hall–Kier alpha value is -2.63. The summed E-state index contributed by atoms with van der Waals surface area (Å²) in [6.45, 7) is 5.44. The molecule has 1 fully saturated rings. The Morgan fingerprint density at radius 1 is 1.26 bits per heavy atom.